The van der Waals surface area contributed by atoms with Crippen molar-refractivity contribution in [3.05, 3.63) is 28.8 Å². The Bertz CT molecular complexity index is 547. The number of nitrogens with two attached hydrogens (primary N) is 1. The molecule has 2 rings (SSSR count). The molecule has 1 aromatic rings. The van der Waals surface area contributed by atoms with Gasteiger partial charge in [0.25, 0.3) is 0 Å². The molecule has 1 amide bonds. The van der Waals surface area contributed by atoms with Gasteiger partial charge in [-0.3, -0.25) is 4.79 Å². The van der Waals surface area contributed by atoms with Gasteiger partial charge in [-0.2, -0.15) is 0 Å². The molecule has 6 heteroatoms. The molecular formula is C14H17ClN2O3. The van der Waals surface area contributed by atoms with Gasteiger partial charge in [0.15, 0.2) is 0 Å². The highest BCUT2D eigenvalue weighted by atomic mass is 35.5. The molecular weight excluding hydrogens is 280 g/mol. The van der Waals surface area contributed by atoms with Crippen molar-refractivity contribution in [2.24, 2.45) is 11.7 Å². The maximum absolute atomic E-state index is 11.4. The lowest BCUT2D eigenvalue weighted by Crippen LogP contribution is -2.47. The lowest BCUT2D eigenvalue weighted by Gasteiger charge is -2.38. The van der Waals surface area contributed by atoms with Crippen LogP contribution in [0.25, 0.3) is 0 Å². The number of nitrogens with zero attached hydrogens (tertiary/aromatic N) is 1. The number of carbonyl (C=O) groups is 2. The summed E-state index contributed by atoms with van der Waals surface area (Å²) in [5.74, 6) is -1.04. The Morgan fingerprint density at radius 3 is 2.70 bits per heavy atom. The summed E-state index contributed by atoms with van der Waals surface area (Å²) in [5.41, 5.74) is 6.15. The molecule has 20 heavy (non-hydrogen) atoms. The van der Waals surface area contributed by atoms with E-state index in [0.29, 0.717) is 35.2 Å². The van der Waals surface area contributed by atoms with Gasteiger partial charge in [-0.05, 0) is 37.0 Å². The molecule has 0 spiro atoms. The van der Waals surface area contributed by atoms with Crippen LogP contribution in [0.2, 0.25) is 5.02 Å². The fourth-order valence-corrected chi connectivity index (χ4v) is 2.85. The number of anilines is 1. The maximum atomic E-state index is 11.4. The first-order valence-corrected chi connectivity index (χ1v) is 6.86. The van der Waals surface area contributed by atoms with E-state index in [1.54, 1.807) is 17.0 Å². The molecule has 5 nitrogen and oxygen atoms in total. The Labute approximate surface area is 122 Å². The first kappa shape index (κ1) is 14.7. The molecule has 1 fully saturated rings. The van der Waals surface area contributed by atoms with E-state index in [-0.39, 0.29) is 0 Å². The van der Waals surface area contributed by atoms with E-state index >= 15 is 0 Å². The van der Waals surface area contributed by atoms with Crippen molar-refractivity contribution < 1.29 is 14.7 Å². The molecule has 2 unspecified atom stereocenters. The number of carboxylic acid groups (broad SMARTS) is 1. The number of primary amides is 1. The van der Waals surface area contributed by atoms with Crippen LogP contribution in [-0.4, -0.2) is 29.6 Å². The Kier molecular flexibility index (Phi) is 4.18. The van der Waals surface area contributed by atoms with Crippen molar-refractivity contribution in [1.29, 1.82) is 0 Å². The molecule has 1 saturated heterocycles. The highest BCUT2D eigenvalue weighted by molar-refractivity contribution is 6.33. The fraction of sp³-hybridized carbons (Fsp3) is 0.429. The second-order valence-electron chi connectivity index (χ2n) is 5.21. The Balaban J connectivity index is 2.34. The number of amides is 1. The molecule has 108 valence electrons. The van der Waals surface area contributed by atoms with Crippen molar-refractivity contribution in [3.63, 3.8) is 0 Å². The summed E-state index contributed by atoms with van der Waals surface area (Å²) in [6.45, 7) is 2.68. The van der Waals surface area contributed by atoms with Crippen molar-refractivity contribution in [2.45, 2.75) is 25.8 Å². The number of hydrogen-bond acceptors (Lipinski definition) is 3. The third-order valence-electron chi connectivity index (χ3n) is 3.69. The smallest absolute Gasteiger partial charge is 0.326 e. The minimum atomic E-state index is -0.855. The van der Waals surface area contributed by atoms with Crippen molar-refractivity contribution >= 4 is 29.2 Å². The van der Waals surface area contributed by atoms with Gasteiger partial charge in [0.1, 0.15) is 6.04 Å². The monoisotopic (exact) mass is 296 g/mol. The Hall–Kier alpha value is -1.75. The number of halogens is 1. The van der Waals surface area contributed by atoms with E-state index in [1.807, 2.05) is 6.92 Å². The quantitative estimate of drug-likeness (QED) is 0.895. The number of aliphatic carboxylic acids is 1. The molecule has 0 aliphatic carbocycles. The fourth-order valence-electron chi connectivity index (χ4n) is 2.56. The van der Waals surface area contributed by atoms with E-state index in [0.717, 1.165) is 6.42 Å². The topological polar surface area (TPSA) is 83.6 Å². The predicted octanol–water partition coefficient (Wildman–Crippen LogP) is 2.13. The molecule has 2 atom stereocenters. The van der Waals surface area contributed by atoms with Gasteiger partial charge in [0.05, 0.1) is 10.7 Å². The number of carboxylic acids is 1. The summed E-state index contributed by atoms with van der Waals surface area (Å²) in [6.07, 6.45) is 1.50. The zero-order valence-corrected chi connectivity index (χ0v) is 11.9. The van der Waals surface area contributed by atoms with Gasteiger partial charge >= 0.3 is 5.97 Å². The molecule has 0 bridgehead atoms. The van der Waals surface area contributed by atoms with Crippen LogP contribution in [0.3, 0.4) is 0 Å². The summed E-state index contributed by atoms with van der Waals surface area (Å²) < 4.78 is 0. The Morgan fingerprint density at radius 2 is 2.15 bits per heavy atom. The average Bonchev–Trinajstić information content (AvgIpc) is 2.38. The molecule has 1 heterocycles. The zero-order valence-electron chi connectivity index (χ0n) is 11.2. The number of hydrogen-bond donors (Lipinski definition) is 2. The molecule has 1 aromatic carbocycles. The third kappa shape index (κ3) is 2.88. The lowest BCUT2D eigenvalue weighted by molar-refractivity contribution is -0.139. The number of rotatable bonds is 3. The highest BCUT2D eigenvalue weighted by Crippen LogP contribution is 2.33. The SMILES string of the molecule is CC1CCN(c2ccc(C(N)=O)cc2Cl)C(C(=O)O)C1. The maximum Gasteiger partial charge on any atom is 0.326 e. The summed E-state index contributed by atoms with van der Waals surface area (Å²) in [7, 11) is 0. The average molecular weight is 297 g/mol. The van der Waals surface area contributed by atoms with Crippen molar-refractivity contribution in [2.75, 3.05) is 11.4 Å². The lowest BCUT2D eigenvalue weighted by atomic mass is 9.92. The van der Waals surface area contributed by atoms with Gasteiger partial charge in [-0.25, -0.2) is 4.79 Å². The van der Waals surface area contributed by atoms with Crippen LogP contribution in [0.5, 0.6) is 0 Å². The van der Waals surface area contributed by atoms with Crippen molar-refractivity contribution in [1.82, 2.24) is 0 Å². The predicted molar refractivity (Wildman–Crippen MR) is 77.1 cm³/mol. The van der Waals surface area contributed by atoms with Crippen LogP contribution < -0.4 is 10.6 Å². The van der Waals surface area contributed by atoms with E-state index in [2.05, 4.69) is 0 Å². The summed E-state index contributed by atoms with van der Waals surface area (Å²) >= 11 is 6.17. The second kappa shape index (κ2) is 5.71. The van der Waals surface area contributed by atoms with E-state index in [9.17, 15) is 14.7 Å². The van der Waals surface area contributed by atoms with Gasteiger partial charge in [0, 0.05) is 12.1 Å². The van der Waals surface area contributed by atoms with Gasteiger partial charge in [-0.1, -0.05) is 18.5 Å². The molecule has 0 radical (unpaired) electrons. The normalized spacial score (nSPS) is 22.6. The number of carbonyl (C=O) groups excluding carboxylic acids is 1. The molecule has 1 aliphatic heterocycles. The number of benzene rings is 1. The zero-order chi connectivity index (χ0) is 14.9. The van der Waals surface area contributed by atoms with Crippen LogP contribution in [-0.2, 0) is 4.79 Å². The number of piperidine rings is 1. The summed E-state index contributed by atoms with van der Waals surface area (Å²) in [5, 5.41) is 9.71. The van der Waals surface area contributed by atoms with Crippen LogP contribution in [0.4, 0.5) is 5.69 Å². The van der Waals surface area contributed by atoms with Gasteiger partial charge in [0.2, 0.25) is 5.91 Å². The second-order valence-corrected chi connectivity index (χ2v) is 5.61. The minimum Gasteiger partial charge on any atom is -0.480 e. The van der Waals surface area contributed by atoms with Crippen LogP contribution >= 0.6 is 11.6 Å². The highest BCUT2D eigenvalue weighted by Gasteiger charge is 2.32. The van der Waals surface area contributed by atoms with Crippen LogP contribution in [0.1, 0.15) is 30.1 Å². The summed E-state index contributed by atoms with van der Waals surface area (Å²) in [6, 6.07) is 4.13. The first-order valence-electron chi connectivity index (χ1n) is 6.49. The van der Waals surface area contributed by atoms with E-state index in [1.165, 1.54) is 6.07 Å². The van der Waals surface area contributed by atoms with Crippen LogP contribution in [0, 0.1) is 5.92 Å². The van der Waals surface area contributed by atoms with E-state index in [4.69, 9.17) is 17.3 Å². The summed E-state index contributed by atoms with van der Waals surface area (Å²) in [4.78, 5) is 24.3. The van der Waals surface area contributed by atoms with E-state index < -0.39 is 17.9 Å². The largest absolute Gasteiger partial charge is 0.480 e. The minimum absolute atomic E-state index is 0.316. The standard InChI is InChI=1S/C14H17ClN2O3/c1-8-4-5-17(12(6-8)14(19)20)11-3-2-9(13(16)18)7-10(11)15/h2-3,7-8,12H,4-6H2,1H3,(H2,16,18)(H,19,20). The third-order valence-corrected chi connectivity index (χ3v) is 3.99. The molecule has 1 aliphatic rings. The molecule has 0 aromatic heterocycles. The van der Waals surface area contributed by atoms with Gasteiger partial charge in [-0.15, -0.1) is 0 Å². The van der Waals surface area contributed by atoms with Gasteiger partial charge < -0.3 is 15.7 Å². The first-order chi connectivity index (χ1) is 9.40. The molecule has 3 N–H and O–H groups in total. The van der Waals surface area contributed by atoms with Crippen LogP contribution in [0.15, 0.2) is 18.2 Å². The molecule has 0 saturated carbocycles. The Morgan fingerprint density at radius 1 is 1.45 bits per heavy atom. The van der Waals surface area contributed by atoms with Crippen molar-refractivity contribution in [3.8, 4) is 0 Å².